The predicted molar refractivity (Wildman–Crippen MR) is 233 cm³/mol. The van der Waals surface area contributed by atoms with E-state index in [0.29, 0.717) is 34.6 Å². The van der Waals surface area contributed by atoms with Crippen molar-refractivity contribution in [2.75, 3.05) is 39.3 Å². The number of aromatic amines is 2. The minimum atomic E-state index is -0.497. The number of benzene rings is 2. The highest BCUT2D eigenvalue weighted by Gasteiger charge is 2.37. The molecular formula is C45H58N10O8. The van der Waals surface area contributed by atoms with Crippen molar-refractivity contribution in [3.05, 3.63) is 120 Å². The van der Waals surface area contributed by atoms with Crippen molar-refractivity contribution >= 4 is 23.6 Å². The van der Waals surface area contributed by atoms with Gasteiger partial charge in [-0.05, 0) is 95.4 Å². The van der Waals surface area contributed by atoms with Crippen molar-refractivity contribution in [3.63, 3.8) is 0 Å². The van der Waals surface area contributed by atoms with Crippen molar-refractivity contribution in [3.8, 4) is 0 Å². The Hall–Kier alpha value is -6.14. The summed E-state index contributed by atoms with van der Waals surface area (Å²) in [6.45, 7) is 7.03. The molecule has 2 aromatic heterocycles. The molecule has 6 N–H and O–H groups in total. The number of carbonyl (C=O) groups is 4. The number of hydrogen-bond donors (Lipinski definition) is 6. The number of likely N-dealkylation sites (tertiary alicyclic amines) is 2. The fourth-order valence-electron chi connectivity index (χ4n) is 9.22. The van der Waals surface area contributed by atoms with E-state index in [4.69, 9.17) is 0 Å². The van der Waals surface area contributed by atoms with Crippen molar-refractivity contribution < 1.29 is 23.7 Å². The van der Waals surface area contributed by atoms with Gasteiger partial charge in [0.2, 0.25) is 11.8 Å². The van der Waals surface area contributed by atoms with Crippen LogP contribution in [0.3, 0.4) is 0 Å². The van der Waals surface area contributed by atoms with E-state index in [-0.39, 0.29) is 71.9 Å². The van der Waals surface area contributed by atoms with Crippen LogP contribution < -0.4 is 38.3 Å². The van der Waals surface area contributed by atoms with Gasteiger partial charge >= 0.3 is 11.4 Å². The summed E-state index contributed by atoms with van der Waals surface area (Å²) in [4.78, 5) is 93.3. The normalized spacial score (nSPS) is 21.8. The maximum absolute atomic E-state index is 12.2. The van der Waals surface area contributed by atoms with E-state index in [1.165, 1.54) is 4.57 Å². The summed E-state index contributed by atoms with van der Waals surface area (Å²) >= 11 is 0. The van der Waals surface area contributed by atoms with Gasteiger partial charge in [-0.3, -0.25) is 48.3 Å². The zero-order valence-electron chi connectivity index (χ0n) is 36.1. The third-order valence-electron chi connectivity index (χ3n) is 12.8. The number of H-pyrrole nitrogens is 2. The van der Waals surface area contributed by atoms with Crippen LogP contribution in [-0.4, -0.2) is 117 Å². The topological polar surface area (TPSA) is 237 Å². The number of hydrogen-bond acceptors (Lipinski definition) is 11. The number of amides is 4. The molecule has 0 atom stereocenters. The highest BCUT2D eigenvalue weighted by atomic mass is 16.5. The molecule has 2 saturated heterocycles. The first-order chi connectivity index (χ1) is 30.3. The van der Waals surface area contributed by atoms with Crippen molar-refractivity contribution in [2.45, 2.75) is 101 Å². The second kappa shape index (κ2) is 20.4. The number of aromatic nitrogens is 4. The lowest BCUT2D eigenvalue weighted by Crippen LogP contribution is -2.63. The molecule has 8 rings (SSSR count). The lowest BCUT2D eigenvalue weighted by Gasteiger charge is -2.46. The molecule has 0 spiro atoms. The van der Waals surface area contributed by atoms with Crippen molar-refractivity contribution in [2.24, 2.45) is 7.05 Å². The van der Waals surface area contributed by atoms with E-state index in [2.05, 4.69) is 50.7 Å². The Kier molecular flexibility index (Phi) is 14.5. The zero-order chi connectivity index (χ0) is 44.6. The quantitative estimate of drug-likeness (QED) is 0.120. The third kappa shape index (κ3) is 11.9. The second-order valence-electron chi connectivity index (χ2n) is 17.5. The molecule has 18 nitrogen and oxygen atoms in total. The van der Waals surface area contributed by atoms with E-state index in [9.17, 15) is 33.6 Å². The average Bonchev–Trinajstić information content (AvgIpc) is 3.69. The number of aryl methyl sites for hydroxylation is 3. The molecule has 2 aromatic carbocycles. The Bertz CT molecular complexity index is 2430. The minimum absolute atomic E-state index is 0.0235. The monoisotopic (exact) mass is 866 g/mol. The highest BCUT2D eigenvalue weighted by molar-refractivity contribution is 5.97. The molecule has 0 unspecified atom stereocenters. The van der Waals surface area contributed by atoms with E-state index >= 15 is 0 Å². The van der Waals surface area contributed by atoms with Crippen LogP contribution in [0.15, 0.2) is 73.6 Å². The molecule has 2 aliphatic carbocycles. The SMILES string of the molecule is Cc1cccc(C(=O)NCC(=O)NC2CN(C3CCC(c4cn(C)c(=O)[nH]c4=O)CC3)C2)c1.Cc1cccc(C(=O)NCC(=O)NC2CN(C3CCC(c4noc(=O)[nH]4)CC3)C2)c1. The lowest BCUT2D eigenvalue weighted by atomic mass is 9.81. The summed E-state index contributed by atoms with van der Waals surface area (Å²) in [5, 5.41) is 15.1. The maximum atomic E-state index is 12.2. The number of nitrogens with one attached hydrogen (secondary N) is 6. The van der Waals surface area contributed by atoms with Crippen LogP contribution in [0.2, 0.25) is 0 Å². The van der Waals surface area contributed by atoms with Gasteiger partial charge in [-0.25, -0.2) is 9.59 Å². The largest absolute Gasteiger partial charge is 0.438 e. The number of nitrogens with zero attached hydrogens (tertiary/aromatic N) is 4. The molecule has 4 amide bonds. The van der Waals surface area contributed by atoms with Crippen molar-refractivity contribution in [1.29, 1.82) is 0 Å². The van der Waals surface area contributed by atoms with Crippen LogP contribution in [-0.2, 0) is 16.6 Å². The van der Waals surface area contributed by atoms with Gasteiger partial charge in [0.1, 0.15) is 0 Å². The van der Waals surface area contributed by atoms with Gasteiger partial charge < -0.3 is 25.8 Å². The lowest BCUT2D eigenvalue weighted by molar-refractivity contribution is -0.123. The van der Waals surface area contributed by atoms with Gasteiger partial charge in [-0.2, -0.15) is 0 Å². The van der Waals surface area contributed by atoms with Crippen LogP contribution in [0.25, 0.3) is 0 Å². The standard InChI is InChI=1S/C24H31N5O4.C21H27N5O4/c1-15-4-3-5-17(10-15)22(31)25-11-21(30)26-18-12-29(13-18)19-8-6-16(7-9-19)20-14-28(2)24(33)27-23(20)32;1-13-3-2-4-15(9-13)20(28)22-10-18(27)23-16-11-26(12-16)17-7-5-14(6-8-17)19-24-21(29)30-25-19/h3-5,10,14,16,18-19H,6-9,11-13H2,1-2H3,(H,25,31)(H,26,30)(H,27,32,33);2-4,9,14,16-17H,5-8,10-12H2,1H3,(H,22,28)(H,23,27)(H,24,25,29). The molecule has 2 aliphatic heterocycles. The van der Waals surface area contributed by atoms with E-state index in [1.54, 1.807) is 37.5 Å². The average molecular weight is 867 g/mol. The number of rotatable bonds is 12. The summed E-state index contributed by atoms with van der Waals surface area (Å²) in [5.41, 5.74) is 3.14. The molecule has 0 bridgehead atoms. The van der Waals surface area contributed by atoms with Crippen molar-refractivity contribution in [1.82, 2.24) is 50.8 Å². The first-order valence-corrected chi connectivity index (χ1v) is 21.9. The zero-order valence-corrected chi connectivity index (χ0v) is 36.1. The van der Waals surface area contributed by atoms with E-state index in [1.807, 2.05) is 38.1 Å². The van der Waals surface area contributed by atoms with Crippen LogP contribution in [0.5, 0.6) is 0 Å². The number of carbonyl (C=O) groups excluding carboxylic acids is 4. The van der Waals surface area contributed by atoms with Crippen LogP contribution in [0, 0.1) is 13.8 Å². The maximum Gasteiger partial charge on any atom is 0.438 e. The molecule has 4 aromatic rings. The molecular weight excluding hydrogens is 809 g/mol. The van der Waals surface area contributed by atoms with Gasteiger partial charge in [0.15, 0.2) is 5.82 Å². The smallest absolute Gasteiger partial charge is 0.349 e. The Morgan fingerprint density at radius 1 is 0.683 bits per heavy atom. The summed E-state index contributed by atoms with van der Waals surface area (Å²) in [7, 11) is 1.65. The summed E-state index contributed by atoms with van der Waals surface area (Å²) in [5.74, 6) is -0.263. The first kappa shape index (κ1) is 44.9. The fraction of sp³-hybridized carbons (Fsp3) is 0.511. The summed E-state index contributed by atoms with van der Waals surface area (Å²) < 4.78 is 6.03. The molecule has 63 heavy (non-hydrogen) atoms. The second-order valence-corrected chi connectivity index (χ2v) is 17.5. The van der Waals surface area contributed by atoms with Crippen LogP contribution >= 0.6 is 0 Å². The van der Waals surface area contributed by atoms with E-state index < -0.39 is 5.76 Å². The molecule has 4 fully saturated rings. The highest BCUT2D eigenvalue weighted by Crippen LogP contribution is 2.35. The first-order valence-electron chi connectivity index (χ1n) is 21.9. The Labute approximate surface area is 364 Å². The van der Waals surface area contributed by atoms with Gasteiger partial charge in [-0.1, -0.05) is 40.5 Å². The molecule has 336 valence electrons. The van der Waals surface area contributed by atoms with Crippen LogP contribution in [0.4, 0.5) is 0 Å². The molecule has 2 saturated carbocycles. The van der Waals surface area contributed by atoms with E-state index in [0.717, 1.165) is 88.7 Å². The summed E-state index contributed by atoms with van der Waals surface area (Å²) in [6.07, 6.45) is 9.45. The predicted octanol–water partition coefficient (Wildman–Crippen LogP) is 1.57. The van der Waals surface area contributed by atoms with Gasteiger partial charge in [-0.15, -0.1) is 0 Å². The van der Waals surface area contributed by atoms with Gasteiger partial charge in [0.25, 0.3) is 17.4 Å². The minimum Gasteiger partial charge on any atom is -0.349 e. The Morgan fingerprint density at radius 2 is 1.16 bits per heavy atom. The van der Waals surface area contributed by atoms with Gasteiger partial charge in [0.05, 0.1) is 25.2 Å². The third-order valence-corrected chi connectivity index (χ3v) is 12.8. The summed E-state index contributed by atoms with van der Waals surface area (Å²) in [6, 6.07) is 15.7. The van der Waals surface area contributed by atoms with Crippen LogP contribution in [0.1, 0.15) is 106 Å². The van der Waals surface area contributed by atoms with Gasteiger partial charge in [0, 0.05) is 74.1 Å². The molecule has 4 heterocycles. The Morgan fingerprint density at radius 3 is 1.60 bits per heavy atom. The molecule has 4 aliphatic rings. The Balaban J connectivity index is 0.000000190. The molecule has 0 radical (unpaired) electrons. The fourth-order valence-corrected chi connectivity index (χ4v) is 9.22. The molecule has 18 heteroatoms.